The van der Waals surface area contributed by atoms with Crippen molar-refractivity contribution in [3.05, 3.63) is 30.3 Å². The lowest BCUT2D eigenvalue weighted by atomic mass is 10.2. The predicted molar refractivity (Wildman–Crippen MR) is 71.9 cm³/mol. The Morgan fingerprint density at radius 1 is 0.882 bits per heavy atom. The summed E-state index contributed by atoms with van der Waals surface area (Å²) in [6, 6.07) is 10.8. The maximum absolute atomic E-state index is 6.00. The van der Waals surface area contributed by atoms with Gasteiger partial charge in [-0.1, -0.05) is 44.9 Å². The first-order chi connectivity index (χ1) is 8.38. The van der Waals surface area contributed by atoms with Gasteiger partial charge < -0.3 is 4.90 Å². The molecule has 0 bridgehead atoms. The zero-order valence-electron chi connectivity index (χ0n) is 11.0. The molecule has 1 rings (SSSR count). The molecule has 3 nitrogen and oxygen atoms in total. The lowest BCUT2D eigenvalue weighted by Crippen LogP contribution is -2.25. The van der Waals surface area contributed by atoms with Gasteiger partial charge >= 0.3 is 0 Å². The summed E-state index contributed by atoms with van der Waals surface area (Å²) >= 11 is 0. The topological polar surface area (TPSA) is 50.8 Å². The highest BCUT2D eigenvalue weighted by atomic mass is 15.1. The van der Waals surface area contributed by atoms with Gasteiger partial charge in [-0.15, -0.1) is 0 Å². The highest BCUT2D eigenvalue weighted by Crippen LogP contribution is 2.14. The quantitative estimate of drug-likeness (QED) is 0.665. The maximum atomic E-state index is 6.00. The molecule has 17 heavy (non-hydrogen) atoms. The van der Waals surface area contributed by atoms with E-state index in [-0.39, 0.29) is 0 Å². The van der Waals surface area contributed by atoms with E-state index < -0.39 is 0 Å². The number of anilines is 1. The van der Waals surface area contributed by atoms with Crippen molar-refractivity contribution in [1.82, 2.24) is 0 Å². The fourth-order valence-electron chi connectivity index (χ4n) is 1.71. The van der Waals surface area contributed by atoms with Crippen LogP contribution in [0.15, 0.2) is 30.3 Å². The molecule has 3 heteroatoms. The molecule has 0 aliphatic heterocycles. The number of nitrogens with zero attached hydrogens (tertiary/aromatic N) is 3. The van der Waals surface area contributed by atoms with Crippen molar-refractivity contribution in [2.24, 2.45) is 0 Å². The van der Waals surface area contributed by atoms with Crippen molar-refractivity contribution < 1.29 is 0 Å². The molecule has 0 aliphatic rings. The lowest BCUT2D eigenvalue weighted by molar-refractivity contribution is 0.678. The minimum absolute atomic E-state index is 1.19. The van der Waals surface area contributed by atoms with Gasteiger partial charge in [-0.3, -0.25) is 0 Å². The normalized spacial score (nSPS) is 9.18. The Hall–Kier alpha value is -1.56. The summed E-state index contributed by atoms with van der Waals surface area (Å²) in [6.07, 6.45) is 5.13. The van der Waals surface area contributed by atoms with Crippen LogP contribution in [-0.4, -0.2) is 13.1 Å². The number of hydrogen-bond acceptors (Lipinski definition) is 3. The predicted octanol–water partition coefficient (Wildman–Crippen LogP) is 4.12. The summed E-state index contributed by atoms with van der Waals surface area (Å²) in [5.74, 6) is 0. The molecule has 0 saturated carbocycles. The van der Waals surface area contributed by atoms with E-state index in [1.54, 1.807) is 0 Å². The molecule has 0 saturated heterocycles. The highest BCUT2D eigenvalue weighted by Gasteiger charge is 2.03. The second-order valence-corrected chi connectivity index (χ2v) is 4.03. The molecule has 0 unspecified atom stereocenters. The van der Waals surface area contributed by atoms with Gasteiger partial charge in [-0.25, -0.2) is 0 Å². The minimum atomic E-state index is 1.19. The van der Waals surface area contributed by atoms with Gasteiger partial charge in [0.2, 0.25) is 0 Å². The molecule has 1 aromatic rings. The van der Waals surface area contributed by atoms with Crippen LogP contribution in [0.2, 0.25) is 0 Å². The van der Waals surface area contributed by atoms with Crippen molar-refractivity contribution in [3.8, 4) is 0 Å². The standard InChI is InChI=1S/C14H23N.N2/c1-3-5-12-15(13-6-4-2)14-10-8-7-9-11-14;1-2/h7-11H,3-6,12-13H2,1-2H3;. The van der Waals surface area contributed by atoms with E-state index in [9.17, 15) is 0 Å². The van der Waals surface area contributed by atoms with Crippen LogP contribution in [0.1, 0.15) is 39.5 Å². The van der Waals surface area contributed by atoms with E-state index >= 15 is 0 Å². The SMILES string of the molecule is CCCCN(CCCC)c1ccccc1.N#N. The van der Waals surface area contributed by atoms with E-state index in [0.717, 1.165) is 0 Å². The molecule has 0 atom stereocenters. The third-order valence-corrected chi connectivity index (χ3v) is 2.68. The smallest absolute Gasteiger partial charge is 0.0366 e. The Morgan fingerprint density at radius 2 is 1.35 bits per heavy atom. The molecule has 0 heterocycles. The average Bonchev–Trinajstić information content (AvgIpc) is 2.42. The zero-order valence-corrected chi connectivity index (χ0v) is 11.0. The van der Waals surface area contributed by atoms with Crippen molar-refractivity contribution in [3.63, 3.8) is 0 Å². The van der Waals surface area contributed by atoms with Gasteiger partial charge in [-0.05, 0) is 25.0 Å². The fraction of sp³-hybridized carbons (Fsp3) is 0.571. The number of para-hydroxylation sites is 1. The van der Waals surface area contributed by atoms with E-state index in [1.165, 1.54) is 44.5 Å². The van der Waals surface area contributed by atoms with Crippen LogP contribution in [0.25, 0.3) is 0 Å². The van der Waals surface area contributed by atoms with Gasteiger partial charge in [0, 0.05) is 29.6 Å². The Morgan fingerprint density at radius 3 is 1.76 bits per heavy atom. The number of rotatable bonds is 7. The average molecular weight is 233 g/mol. The van der Waals surface area contributed by atoms with Gasteiger partial charge in [0.15, 0.2) is 0 Å². The van der Waals surface area contributed by atoms with Crippen molar-refractivity contribution >= 4 is 5.69 Å². The van der Waals surface area contributed by atoms with Gasteiger partial charge in [0.1, 0.15) is 0 Å². The number of hydrogen-bond donors (Lipinski definition) is 0. The minimum Gasteiger partial charge on any atom is -0.372 e. The fourth-order valence-corrected chi connectivity index (χ4v) is 1.71. The Bertz CT molecular complexity index is 274. The molecule has 94 valence electrons. The summed E-state index contributed by atoms with van der Waals surface area (Å²) in [4.78, 5) is 2.51. The van der Waals surface area contributed by atoms with Crippen LogP contribution in [0.4, 0.5) is 5.69 Å². The summed E-state index contributed by atoms with van der Waals surface area (Å²) < 4.78 is 0. The van der Waals surface area contributed by atoms with Gasteiger partial charge in [0.05, 0.1) is 0 Å². The van der Waals surface area contributed by atoms with E-state index in [4.69, 9.17) is 10.8 Å². The molecular formula is C14H23N3. The van der Waals surface area contributed by atoms with Crippen LogP contribution in [0.3, 0.4) is 0 Å². The Kier molecular flexibility index (Phi) is 9.94. The molecule has 0 spiro atoms. The number of benzene rings is 1. The van der Waals surface area contributed by atoms with E-state index in [1.807, 2.05) is 0 Å². The lowest BCUT2D eigenvalue weighted by Gasteiger charge is -2.24. The third kappa shape index (κ3) is 6.57. The third-order valence-electron chi connectivity index (χ3n) is 2.68. The van der Waals surface area contributed by atoms with Gasteiger partial charge in [0.25, 0.3) is 0 Å². The van der Waals surface area contributed by atoms with Gasteiger partial charge in [-0.2, -0.15) is 0 Å². The Balaban J connectivity index is 0.00000121. The second kappa shape index (κ2) is 10.9. The van der Waals surface area contributed by atoms with Crippen molar-refractivity contribution in [1.29, 1.82) is 10.8 Å². The highest BCUT2D eigenvalue weighted by molar-refractivity contribution is 5.45. The molecule has 1 aromatic carbocycles. The first kappa shape index (κ1) is 15.4. The summed E-state index contributed by atoms with van der Waals surface area (Å²) in [7, 11) is 0. The number of unbranched alkanes of at least 4 members (excludes halogenated alkanes) is 2. The van der Waals surface area contributed by atoms with E-state index in [2.05, 4.69) is 49.1 Å². The molecule has 0 N–H and O–H groups in total. The summed E-state index contributed by atoms with van der Waals surface area (Å²) in [5, 5.41) is 12.0. The Labute approximate surface area is 105 Å². The second-order valence-electron chi connectivity index (χ2n) is 4.03. The monoisotopic (exact) mass is 233 g/mol. The molecular weight excluding hydrogens is 210 g/mol. The molecule has 0 fully saturated rings. The molecule has 0 amide bonds. The van der Waals surface area contributed by atoms with Crippen LogP contribution >= 0.6 is 0 Å². The van der Waals surface area contributed by atoms with Crippen molar-refractivity contribution in [2.75, 3.05) is 18.0 Å². The molecule has 0 radical (unpaired) electrons. The van der Waals surface area contributed by atoms with Crippen LogP contribution < -0.4 is 4.90 Å². The summed E-state index contributed by atoms with van der Waals surface area (Å²) in [5.41, 5.74) is 1.37. The maximum Gasteiger partial charge on any atom is 0.0366 e. The largest absolute Gasteiger partial charge is 0.372 e. The van der Waals surface area contributed by atoms with Crippen molar-refractivity contribution in [2.45, 2.75) is 39.5 Å². The molecule has 0 aliphatic carbocycles. The first-order valence-electron chi connectivity index (χ1n) is 6.38. The van der Waals surface area contributed by atoms with Crippen LogP contribution in [0, 0.1) is 10.8 Å². The zero-order chi connectivity index (χ0) is 12.9. The first-order valence-corrected chi connectivity index (χ1v) is 6.38. The summed E-state index contributed by atoms with van der Waals surface area (Å²) in [6.45, 7) is 6.90. The van der Waals surface area contributed by atoms with Crippen LogP contribution in [0.5, 0.6) is 0 Å². The molecule has 0 aromatic heterocycles. The van der Waals surface area contributed by atoms with E-state index in [0.29, 0.717) is 0 Å². The van der Waals surface area contributed by atoms with Crippen LogP contribution in [-0.2, 0) is 0 Å².